The Kier molecular flexibility index (Phi) is 4.49. The fraction of sp³-hybridized carbons (Fsp3) is 0.364. The van der Waals surface area contributed by atoms with Gasteiger partial charge in [-0.1, -0.05) is 13.8 Å². The fourth-order valence-corrected chi connectivity index (χ4v) is 1.21. The van der Waals surface area contributed by atoms with Crippen LogP contribution in [-0.2, 0) is 0 Å². The number of nitrogens with one attached hydrogen (secondary N) is 1. The number of ether oxygens (including phenoxy) is 1. The molecule has 0 aliphatic heterocycles. The maximum absolute atomic E-state index is 13.5. The van der Waals surface area contributed by atoms with Gasteiger partial charge in [-0.3, -0.25) is 0 Å². The van der Waals surface area contributed by atoms with Crippen molar-refractivity contribution < 1.29 is 9.13 Å². The van der Waals surface area contributed by atoms with Gasteiger partial charge in [0.05, 0.1) is 6.61 Å². The van der Waals surface area contributed by atoms with E-state index in [1.54, 1.807) is 12.1 Å². The van der Waals surface area contributed by atoms with Crippen LogP contribution >= 0.6 is 12.2 Å². The van der Waals surface area contributed by atoms with E-state index < -0.39 is 5.82 Å². The summed E-state index contributed by atoms with van der Waals surface area (Å²) >= 11 is 4.65. The topological polar surface area (TPSA) is 47.3 Å². The minimum absolute atomic E-state index is 0.107. The molecular weight excluding hydrogens is 227 g/mol. The molecule has 1 rings (SSSR count). The van der Waals surface area contributed by atoms with Crippen molar-refractivity contribution in [3.05, 3.63) is 24.0 Å². The second-order valence-electron chi connectivity index (χ2n) is 3.84. The van der Waals surface area contributed by atoms with Gasteiger partial charge in [0.15, 0.2) is 16.7 Å². The Morgan fingerprint density at radius 3 is 2.75 bits per heavy atom. The monoisotopic (exact) mass is 242 g/mol. The highest BCUT2D eigenvalue weighted by atomic mass is 32.1. The average molecular weight is 242 g/mol. The normalized spacial score (nSPS) is 10.2. The highest BCUT2D eigenvalue weighted by molar-refractivity contribution is 7.80. The van der Waals surface area contributed by atoms with E-state index in [0.29, 0.717) is 18.2 Å². The zero-order valence-corrected chi connectivity index (χ0v) is 10.1. The minimum Gasteiger partial charge on any atom is -0.490 e. The lowest BCUT2D eigenvalue weighted by Crippen LogP contribution is -2.18. The van der Waals surface area contributed by atoms with Crippen LogP contribution in [0.25, 0.3) is 0 Å². The van der Waals surface area contributed by atoms with E-state index in [-0.39, 0.29) is 10.9 Å². The third kappa shape index (κ3) is 4.02. The third-order valence-electron chi connectivity index (χ3n) is 1.77. The molecule has 0 aromatic heterocycles. The van der Waals surface area contributed by atoms with Crippen LogP contribution in [0, 0.1) is 11.7 Å². The summed E-state index contributed by atoms with van der Waals surface area (Å²) in [5.74, 6) is 0.165. The predicted molar refractivity (Wildman–Crippen MR) is 67.1 cm³/mol. The van der Waals surface area contributed by atoms with Gasteiger partial charge in [0, 0.05) is 11.8 Å². The average Bonchev–Trinajstić information content (AvgIpc) is 2.15. The summed E-state index contributed by atoms with van der Waals surface area (Å²) in [6, 6.07) is 4.52. The van der Waals surface area contributed by atoms with Crippen molar-refractivity contribution in [2.45, 2.75) is 13.8 Å². The van der Waals surface area contributed by atoms with Gasteiger partial charge in [0.1, 0.15) is 0 Å². The summed E-state index contributed by atoms with van der Waals surface area (Å²) in [5.41, 5.74) is 5.79. The number of halogens is 1. The van der Waals surface area contributed by atoms with Gasteiger partial charge in [0.25, 0.3) is 0 Å². The fourth-order valence-electron chi connectivity index (χ4n) is 1.09. The molecule has 88 valence electrons. The first kappa shape index (κ1) is 12.7. The third-order valence-corrected chi connectivity index (χ3v) is 1.87. The van der Waals surface area contributed by atoms with Crippen molar-refractivity contribution in [3.63, 3.8) is 0 Å². The molecule has 0 amide bonds. The van der Waals surface area contributed by atoms with E-state index in [4.69, 9.17) is 10.5 Å². The standard InChI is InChI=1S/C11H15FN2OS/c1-7(2)6-15-10-4-3-8(5-9(10)12)14-11(13)16/h3-5,7H,6H2,1-2H3,(H3,13,14,16). The zero-order valence-electron chi connectivity index (χ0n) is 9.29. The molecular formula is C11H15FN2OS. The molecule has 0 spiro atoms. The summed E-state index contributed by atoms with van der Waals surface area (Å²) < 4.78 is 18.8. The first-order valence-corrected chi connectivity index (χ1v) is 5.38. The molecule has 0 fully saturated rings. The molecule has 0 aliphatic rings. The van der Waals surface area contributed by atoms with Crippen LogP contribution in [-0.4, -0.2) is 11.7 Å². The Bertz CT molecular complexity index is 382. The first-order chi connectivity index (χ1) is 7.49. The summed E-state index contributed by atoms with van der Waals surface area (Å²) in [4.78, 5) is 0. The molecule has 0 radical (unpaired) electrons. The predicted octanol–water partition coefficient (Wildman–Crippen LogP) is 2.52. The SMILES string of the molecule is CC(C)COc1ccc(NC(N)=S)cc1F. The number of hydrogen-bond acceptors (Lipinski definition) is 2. The van der Waals surface area contributed by atoms with E-state index in [1.807, 2.05) is 13.8 Å². The molecule has 16 heavy (non-hydrogen) atoms. The smallest absolute Gasteiger partial charge is 0.168 e. The number of thiocarbonyl (C=S) groups is 1. The molecule has 0 aliphatic carbocycles. The van der Waals surface area contributed by atoms with Gasteiger partial charge in [-0.2, -0.15) is 0 Å². The largest absolute Gasteiger partial charge is 0.490 e. The molecule has 0 bridgehead atoms. The van der Waals surface area contributed by atoms with Gasteiger partial charge in [0.2, 0.25) is 0 Å². The Morgan fingerprint density at radius 1 is 1.56 bits per heavy atom. The molecule has 3 N–H and O–H groups in total. The van der Waals surface area contributed by atoms with Gasteiger partial charge < -0.3 is 15.8 Å². The van der Waals surface area contributed by atoms with Crippen molar-refractivity contribution in [2.24, 2.45) is 11.7 Å². The van der Waals surface area contributed by atoms with Crippen LogP contribution in [0.1, 0.15) is 13.8 Å². The van der Waals surface area contributed by atoms with Gasteiger partial charge >= 0.3 is 0 Å². The zero-order chi connectivity index (χ0) is 12.1. The van der Waals surface area contributed by atoms with Crippen LogP contribution in [0.3, 0.4) is 0 Å². The Hall–Kier alpha value is -1.36. The lowest BCUT2D eigenvalue weighted by atomic mass is 10.2. The highest BCUT2D eigenvalue weighted by Crippen LogP contribution is 2.21. The molecule has 1 aromatic carbocycles. The van der Waals surface area contributed by atoms with Crippen molar-refractivity contribution in [1.29, 1.82) is 0 Å². The molecule has 0 heterocycles. The molecule has 5 heteroatoms. The number of anilines is 1. The van der Waals surface area contributed by atoms with E-state index >= 15 is 0 Å². The van der Waals surface area contributed by atoms with Crippen LogP contribution in [0.15, 0.2) is 18.2 Å². The van der Waals surface area contributed by atoms with Crippen molar-refractivity contribution in [1.82, 2.24) is 0 Å². The lowest BCUT2D eigenvalue weighted by molar-refractivity contribution is 0.259. The van der Waals surface area contributed by atoms with Crippen molar-refractivity contribution >= 4 is 23.0 Å². The first-order valence-electron chi connectivity index (χ1n) is 4.98. The van der Waals surface area contributed by atoms with Crippen LogP contribution in [0.4, 0.5) is 10.1 Å². The van der Waals surface area contributed by atoms with Crippen molar-refractivity contribution in [2.75, 3.05) is 11.9 Å². The highest BCUT2D eigenvalue weighted by Gasteiger charge is 2.05. The maximum Gasteiger partial charge on any atom is 0.168 e. The lowest BCUT2D eigenvalue weighted by Gasteiger charge is -2.10. The Morgan fingerprint density at radius 2 is 2.25 bits per heavy atom. The van der Waals surface area contributed by atoms with E-state index in [2.05, 4.69) is 17.5 Å². The number of hydrogen-bond donors (Lipinski definition) is 2. The summed E-state index contributed by atoms with van der Waals surface area (Å²) in [6.07, 6.45) is 0. The van der Waals surface area contributed by atoms with Gasteiger partial charge in [-0.05, 0) is 30.3 Å². The second kappa shape index (κ2) is 5.65. The maximum atomic E-state index is 13.5. The molecule has 0 atom stereocenters. The van der Waals surface area contributed by atoms with Crippen LogP contribution in [0.2, 0.25) is 0 Å². The van der Waals surface area contributed by atoms with E-state index in [9.17, 15) is 4.39 Å². The molecule has 0 saturated heterocycles. The van der Waals surface area contributed by atoms with Crippen LogP contribution in [0.5, 0.6) is 5.75 Å². The Labute approximate surface area is 99.8 Å². The quantitative estimate of drug-likeness (QED) is 0.796. The number of nitrogens with two attached hydrogens (primary N) is 1. The van der Waals surface area contributed by atoms with Crippen molar-refractivity contribution in [3.8, 4) is 5.75 Å². The summed E-state index contributed by atoms with van der Waals surface area (Å²) in [5, 5.41) is 2.76. The summed E-state index contributed by atoms with van der Waals surface area (Å²) in [6.45, 7) is 4.49. The minimum atomic E-state index is -0.429. The molecule has 0 saturated carbocycles. The van der Waals surface area contributed by atoms with Gasteiger partial charge in [-0.25, -0.2) is 4.39 Å². The van der Waals surface area contributed by atoms with E-state index in [1.165, 1.54) is 6.07 Å². The molecule has 1 aromatic rings. The molecule has 0 unspecified atom stereocenters. The number of benzene rings is 1. The van der Waals surface area contributed by atoms with Gasteiger partial charge in [-0.15, -0.1) is 0 Å². The van der Waals surface area contributed by atoms with E-state index in [0.717, 1.165) is 0 Å². The Balaban J connectivity index is 2.71. The summed E-state index contributed by atoms with van der Waals surface area (Å²) in [7, 11) is 0. The number of rotatable bonds is 4. The van der Waals surface area contributed by atoms with Crippen LogP contribution < -0.4 is 15.8 Å². The molecule has 3 nitrogen and oxygen atoms in total. The second-order valence-corrected chi connectivity index (χ2v) is 4.28.